The Labute approximate surface area is 166 Å². The number of likely N-dealkylation sites (N-methyl/N-ethyl adjacent to an activating group) is 1. The van der Waals surface area contributed by atoms with Crippen LogP contribution in [0, 0.1) is 5.82 Å². The number of carbonyl (C=O) groups excluding carboxylic acids is 2. The lowest BCUT2D eigenvalue weighted by molar-refractivity contribution is -0.130. The van der Waals surface area contributed by atoms with Crippen LogP contribution in [0.15, 0.2) is 35.1 Å². The van der Waals surface area contributed by atoms with E-state index in [2.05, 4.69) is 9.68 Å². The van der Waals surface area contributed by atoms with Gasteiger partial charge in [-0.2, -0.15) is 0 Å². The molecule has 2 aliphatic heterocycles. The Morgan fingerprint density at radius 2 is 2.14 bits per heavy atom. The molecule has 1 aromatic carbocycles. The van der Waals surface area contributed by atoms with Crippen molar-refractivity contribution in [2.24, 2.45) is 0 Å². The number of ether oxygens (including phenoxy) is 2. The van der Waals surface area contributed by atoms with Gasteiger partial charge in [0, 0.05) is 25.7 Å². The van der Waals surface area contributed by atoms with Crippen LogP contribution in [0.3, 0.4) is 0 Å². The third-order valence-electron chi connectivity index (χ3n) is 4.99. The normalized spacial score (nSPS) is 19.7. The van der Waals surface area contributed by atoms with Gasteiger partial charge >= 0.3 is 6.09 Å². The van der Waals surface area contributed by atoms with Crippen molar-refractivity contribution < 1.29 is 28.0 Å². The smallest absolute Gasteiger partial charge is 0.414 e. The van der Waals surface area contributed by atoms with Gasteiger partial charge in [-0.05, 0) is 30.3 Å². The van der Waals surface area contributed by atoms with E-state index in [0.717, 1.165) is 0 Å². The predicted octanol–water partition coefficient (Wildman–Crippen LogP) is 1.89. The Morgan fingerprint density at radius 1 is 1.28 bits per heavy atom. The lowest BCUT2D eigenvalue weighted by atomic mass is 10.2. The van der Waals surface area contributed by atoms with Crippen LogP contribution in [0.5, 0.6) is 5.88 Å². The quantitative estimate of drug-likeness (QED) is 0.726. The lowest BCUT2D eigenvalue weighted by Crippen LogP contribution is -2.50. The minimum Gasteiger partial charge on any atom is -0.471 e. The summed E-state index contributed by atoms with van der Waals surface area (Å²) in [5.41, 5.74) is 0.732. The second kappa shape index (κ2) is 7.98. The van der Waals surface area contributed by atoms with Crippen molar-refractivity contribution in [3.63, 3.8) is 0 Å². The Morgan fingerprint density at radius 3 is 2.83 bits per heavy atom. The van der Waals surface area contributed by atoms with Crippen LogP contribution >= 0.6 is 0 Å². The average molecular weight is 404 g/mol. The maximum absolute atomic E-state index is 14.8. The third-order valence-corrected chi connectivity index (χ3v) is 4.99. The van der Waals surface area contributed by atoms with Crippen molar-refractivity contribution in [1.82, 2.24) is 10.1 Å². The number of rotatable bonds is 6. The summed E-state index contributed by atoms with van der Waals surface area (Å²) in [6.07, 6.45) is 0.293. The summed E-state index contributed by atoms with van der Waals surface area (Å²) >= 11 is 0. The standard InChI is InChI=1S/C19H21FN4O5/c1-2-22-6-7-23(11-18(22)25)16-4-3-13(9-15(16)20)24-10-14(29-19(24)26)12-27-17-5-8-28-21-17/h3-5,8-9,14H,2,6-7,10-12H2,1H3/t14-/m1/s1. The van der Waals surface area contributed by atoms with E-state index in [0.29, 0.717) is 36.9 Å². The van der Waals surface area contributed by atoms with Crippen LogP contribution < -0.4 is 14.5 Å². The molecule has 0 saturated carbocycles. The summed E-state index contributed by atoms with van der Waals surface area (Å²) in [4.78, 5) is 29.1. The van der Waals surface area contributed by atoms with Gasteiger partial charge < -0.3 is 23.8 Å². The van der Waals surface area contributed by atoms with Gasteiger partial charge in [0.1, 0.15) is 18.7 Å². The SMILES string of the molecule is CCN1CCN(c2ccc(N3C[C@H](COc4ccon4)OC3=O)cc2F)CC1=O. The van der Waals surface area contributed by atoms with Crippen LogP contribution in [-0.4, -0.2) is 67.5 Å². The highest BCUT2D eigenvalue weighted by Gasteiger charge is 2.34. The number of hydrogen-bond donors (Lipinski definition) is 0. The maximum atomic E-state index is 14.8. The molecule has 10 heteroatoms. The zero-order valence-electron chi connectivity index (χ0n) is 15.9. The molecule has 3 heterocycles. The fourth-order valence-electron chi connectivity index (χ4n) is 3.44. The molecule has 29 heavy (non-hydrogen) atoms. The number of amides is 2. The molecule has 1 aromatic heterocycles. The zero-order chi connectivity index (χ0) is 20.4. The number of halogens is 1. The Balaban J connectivity index is 1.41. The molecule has 0 aliphatic carbocycles. The zero-order valence-corrected chi connectivity index (χ0v) is 15.9. The summed E-state index contributed by atoms with van der Waals surface area (Å²) in [6, 6.07) is 6.07. The topological polar surface area (TPSA) is 88.3 Å². The highest BCUT2D eigenvalue weighted by atomic mass is 19.1. The molecule has 2 amide bonds. The lowest BCUT2D eigenvalue weighted by Gasteiger charge is -2.35. The van der Waals surface area contributed by atoms with E-state index in [1.165, 1.54) is 17.2 Å². The molecule has 0 unspecified atom stereocenters. The predicted molar refractivity (Wildman–Crippen MR) is 100 cm³/mol. The number of nitrogens with zero attached hydrogens (tertiary/aromatic N) is 4. The molecular weight excluding hydrogens is 383 g/mol. The second-order valence-corrected chi connectivity index (χ2v) is 6.80. The molecule has 1 atom stereocenters. The summed E-state index contributed by atoms with van der Waals surface area (Å²) in [6.45, 7) is 4.15. The number of carbonyl (C=O) groups is 2. The summed E-state index contributed by atoms with van der Waals surface area (Å²) in [7, 11) is 0. The fourth-order valence-corrected chi connectivity index (χ4v) is 3.44. The van der Waals surface area contributed by atoms with Crippen molar-refractivity contribution in [2.75, 3.05) is 49.1 Å². The largest absolute Gasteiger partial charge is 0.471 e. The van der Waals surface area contributed by atoms with E-state index in [1.807, 2.05) is 6.92 Å². The van der Waals surface area contributed by atoms with Crippen LogP contribution in [-0.2, 0) is 9.53 Å². The van der Waals surface area contributed by atoms with Crippen molar-refractivity contribution in [3.8, 4) is 5.88 Å². The number of aromatic nitrogens is 1. The first-order valence-corrected chi connectivity index (χ1v) is 9.38. The summed E-state index contributed by atoms with van der Waals surface area (Å²) < 4.78 is 30.1. The fraction of sp³-hybridized carbons (Fsp3) is 0.421. The summed E-state index contributed by atoms with van der Waals surface area (Å²) in [5.74, 6) is -0.219. The van der Waals surface area contributed by atoms with E-state index in [1.54, 1.807) is 28.0 Å². The van der Waals surface area contributed by atoms with Crippen LogP contribution in [0.2, 0.25) is 0 Å². The number of anilines is 2. The molecule has 0 bridgehead atoms. The van der Waals surface area contributed by atoms with Crippen LogP contribution in [0.25, 0.3) is 0 Å². The molecule has 0 spiro atoms. The number of piperazine rings is 1. The molecule has 9 nitrogen and oxygen atoms in total. The van der Waals surface area contributed by atoms with E-state index in [9.17, 15) is 14.0 Å². The van der Waals surface area contributed by atoms with Crippen molar-refractivity contribution in [1.29, 1.82) is 0 Å². The molecule has 154 valence electrons. The van der Waals surface area contributed by atoms with Crippen LogP contribution in [0.4, 0.5) is 20.6 Å². The second-order valence-electron chi connectivity index (χ2n) is 6.80. The Kier molecular flexibility index (Phi) is 5.24. The Hall–Kier alpha value is -3.30. The first kappa shape index (κ1) is 19.0. The molecule has 2 saturated heterocycles. The van der Waals surface area contributed by atoms with Gasteiger partial charge in [0.15, 0.2) is 6.10 Å². The monoisotopic (exact) mass is 404 g/mol. The molecule has 0 radical (unpaired) electrons. The minimum absolute atomic E-state index is 0.0275. The van der Waals surface area contributed by atoms with E-state index < -0.39 is 18.0 Å². The highest BCUT2D eigenvalue weighted by Crippen LogP contribution is 2.28. The molecule has 2 fully saturated rings. The van der Waals surface area contributed by atoms with Crippen molar-refractivity contribution >= 4 is 23.4 Å². The first-order valence-electron chi connectivity index (χ1n) is 9.38. The highest BCUT2D eigenvalue weighted by molar-refractivity contribution is 5.90. The van der Waals surface area contributed by atoms with Crippen molar-refractivity contribution in [3.05, 3.63) is 36.3 Å². The average Bonchev–Trinajstić information content (AvgIpc) is 3.35. The van der Waals surface area contributed by atoms with Crippen molar-refractivity contribution in [2.45, 2.75) is 13.0 Å². The third kappa shape index (κ3) is 3.96. The van der Waals surface area contributed by atoms with Gasteiger partial charge in [-0.3, -0.25) is 9.69 Å². The van der Waals surface area contributed by atoms with Gasteiger partial charge in [0.05, 0.1) is 24.5 Å². The van der Waals surface area contributed by atoms with Gasteiger partial charge in [-0.15, -0.1) is 0 Å². The van der Waals surface area contributed by atoms with Gasteiger partial charge in [0.2, 0.25) is 5.91 Å². The maximum Gasteiger partial charge on any atom is 0.414 e. The first-order chi connectivity index (χ1) is 14.0. The van der Waals surface area contributed by atoms with E-state index >= 15 is 0 Å². The van der Waals surface area contributed by atoms with E-state index in [4.69, 9.17) is 9.47 Å². The number of hydrogen-bond acceptors (Lipinski definition) is 7. The van der Waals surface area contributed by atoms with Gasteiger partial charge in [-0.1, -0.05) is 0 Å². The van der Waals surface area contributed by atoms with Gasteiger partial charge in [-0.25, -0.2) is 9.18 Å². The van der Waals surface area contributed by atoms with Gasteiger partial charge in [0.25, 0.3) is 5.88 Å². The Bertz CT molecular complexity index is 891. The minimum atomic E-state index is -0.572. The molecule has 0 N–H and O–H groups in total. The molecule has 2 aromatic rings. The molecular formula is C19H21FN4O5. The molecule has 4 rings (SSSR count). The molecule has 2 aliphatic rings. The number of benzene rings is 1. The number of cyclic esters (lactones) is 1. The van der Waals surface area contributed by atoms with Crippen LogP contribution in [0.1, 0.15) is 6.92 Å². The van der Waals surface area contributed by atoms with E-state index in [-0.39, 0.29) is 25.6 Å². The summed E-state index contributed by atoms with van der Waals surface area (Å²) in [5, 5.41) is 3.62.